The van der Waals surface area contributed by atoms with Gasteiger partial charge in [-0.15, -0.1) is 0 Å². The Balaban J connectivity index is 2.33. The summed E-state index contributed by atoms with van der Waals surface area (Å²) in [5, 5.41) is 0. The van der Waals surface area contributed by atoms with Crippen LogP contribution in [-0.2, 0) is 22.7 Å². The van der Waals surface area contributed by atoms with Gasteiger partial charge in [0.25, 0.3) is 0 Å². The lowest BCUT2D eigenvalue weighted by Crippen LogP contribution is -2.26. The molecule has 17 heavy (non-hydrogen) atoms. The Morgan fingerprint density at radius 2 is 2.12 bits per heavy atom. The average Bonchev–Trinajstić information content (AvgIpc) is 2.68. The quantitative estimate of drug-likeness (QED) is 0.701. The molecule has 0 fully saturated rings. The largest absolute Gasteiger partial charge is 0.424 e. The second kappa shape index (κ2) is 4.11. The van der Waals surface area contributed by atoms with Crippen molar-refractivity contribution in [2.24, 2.45) is 5.41 Å². The number of esters is 1. The van der Waals surface area contributed by atoms with Crippen LogP contribution in [0.3, 0.4) is 0 Å². The number of hydrogen-bond donors (Lipinski definition) is 0. The van der Waals surface area contributed by atoms with Crippen LogP contribution in [0.15, 0.2) is 6.20 Å². The fourth-order valence-electron chi connectivity index (χ4n) is 1.60. The SMILES string of the molecule is Cc1ncc2c(c1OC(=O)C(C)(C)C)COC2. The Kier molecular flexibility index (Phi) is 2.91. The van der Waals surface area contributed by atoms with Crippen molar-refractivity contribution in [1.29, 1.82) is 0 Å². The van der Waals surface area contributed by atoms with E-state index in [1.54, 1.807) is 6.20 Å². The molecule has 0 spiro atoms. The van der Waals surface area contributed by atoms with Crippen molar-refractivity contribution in [2.45, 2.75) is 40.9 Å². The molecule has 92 valence electrons. The van der Waals surface area contributed by atoms with Gasteiger partial charge in [0.1, 0.15) is 0 Å². The van der Waals surface area contributed by atoms with Crippen molar-refractivity contribution in [3.05, 3.63) is 23.0 Å². The summed E-state index contributed by atoms with van der Waals surface area (Å²) in [5.74, 6) is 0.322. The van der Waals surface area contributed by atoms with E-state index >= 15 is 0 Å². The molecule has 0 N–H and O–H groups in total. The van der Waals surface area contributed by atoms with E-state index in [2.05, 4.69) is 4.98 Å². The predicted molar refractivity (Wildman–Crippen MR) is 62.6 cm³/mol. The zero-order chi connectivity index (χ0) is 12.6. The summed E-state index contributed by atoms with van der Waals surface area (Å²) >= 11 is 0. The monoisotopic (exact) mass is 235 g/mol. The van der Waals surface area contributed by atoms with E-state index in [9.17, 15) is 4.79 Å². The summed E-state index contributed by atoms with van der Waals surface area (Å²) < 4.78 is 10.8. The molecule has 0 radical (unpaired) electrons. The second-order valence-electron chi connectivity index (χ2n) is 5.31. The fourth-order valence-corrected chi connectivity index (χ4v) is 1.60. The van der Waals surface area contributed by atoms with E-state index in [0.29, 0.717) is 19.0 Å². The molecule has 2 heterocycles. The first kappa shape index (κ1) is 12.0. The van der Waals surface area contributed by atoms with Crippen LogP contribution in [0.4, 0.5) is 0 Å². The molecule has 0 unspecified atom stereocenters. The molecule has 1 aliphatic heterocycles. The summed E-state index contributed by atoms with van der Waals surface area (Å²) in [5.41, 5.74) is 2.17. The number of rotatable bonds is 1. The van der Waals surface area contributed by atoms with Gasteiger partial charge < -0.3 is 9.47 Å². The Morgan fingerprint density at radius 3 is 2.76 bits per heavy atom. The van der Waals surface area contributed by atoms with E-state index in [1.807, 2.05) is 27.7 Å². The Labute approximate surface area is 101 Å². The van der Waals surface area contributed by atoms with Gasteiger partial charge in [-0.2, -0.15) is 0 Å². The van der Waals surface area contributed by atoms with Gasteiger partial charge >= 0.3 is 5.97 Å². The molecular formula is C13H17NO3. The second-order valence-corrected chi connectivity index (χ2v) is 5.31. The van der Waals surface area contributed by atoms with Gasteiger partial charge in [0.15, 0.2) is 5.75 Å². The number of hydrogen-bond acceptors (Lipinski definition) is 4. The molecule has 0 bridgehead atoms. The molecule has 4 nitrogen and oxygen atoms in total. The van der Waals surface area contributed by atoms with Crippen LogP contribution in [0.1, 0.15) is 37.6 Å². The van der Waals surface area contributed by atoms with Crippen LogP contribution in [0.5, 0.6) is 5.75 Å². The lowest BCUT2D eigenvalue weighted by molar-refractivity contribution is -0.143. The molecule has 0 saturated heterocycles. The lowest BCUT2D eigenvalue weighted by atomic mass is 9.97. The van der Waals surface area contributed by atoms with Crippen LogP contribution in [0, 0.1) is 12.3 Å². The van der Waals surface area contributed by atoms with Crippen LogP contribution in [-0.4, -0.2) is 11.0 Å². The summed E-state index contributed by atoms with van der Waals surface area (Å²) in [6.45, 7) is 8.37. The van der Waals surface area contributed by atoms with Crippen molar-refractivity contribution in [2.75, 3.05) is 0 Å². The summed E-state index contributed by atoms with van der Waals surface area (Å²) in [4.78, 5) is 16.1. The Bertz CT molecular complexity index is 460. The van der Waals surface area contributed by atoms with Gasteiger partial charge in [0, 0.05) is 17.3 Å². The third-order valence-electron chi connectivity index (χ3n) is 2.72. The number of ether oxygens (including phenoxy) is 2. The number of aromatic nitrogens is 1. The zero-order valence-corrected chi connectivity index (χ0v) is 10.7. The van der Waals surface area contributed by atoms with E-state index in [0.717, 1.165) is 16.8 Å². The van der Waals surface area contributed by atoms with Gasteiger partial charge in [-0.1, -0.05) is 0 Å². The number of pyridine rings is 1. The van der Waals surface area contributed by atoms with Crippen molar-refractivity contribution >= 4 is 5.97 Å². The topological polar surface area (TPSA) is 48.4 Å². The lowest BCUT2D eigenvalue weighted by Gasteiger charge is -2.18. The molecule has 4 heteroatoms. The Morgan fingerprint density at radius 1 is 1.41 bits per heavy atom. The number of carbonyl (C=O) groups is 1. The zero-order valence-electron chi connectivity index (χ0n) is 10.7. The number of fused-ring (bicyclic) bond motifs is 1. The standard InChI is InChI=1S/C13H17NO3/c1-8-11(17-12(15)13(2,3)4)10-7-16-6-9(10)5-14-8/h5H,6-7H2,1-4H3. The minimum atomic E-state index is -0.519. The van der Waals surface area contributed by atoms with Gasteiger partial charge in [-0.3, -0.25) is 9.78 Å². The first-order chi connectivity index (χ1) is 7.89. The number of nitrogens with zero attached hydrogens (tertiary/aromatic N) is 1. The highest BCUT2D eigenvalue weighted by Gasteiger charge is 2.27. The van der Waals surface area contributed by atoms with Crippen LogP contribution >= 0.6 is 0 Å². The highest BCUT2D eigenvalue weighted by Crippen LogP contribution is 2.32. The molecule has 0 amide bonds. The molecule has 0 saturated carbocycles. The highest BCUT2D eigenvalue weighted by molar-refractivity contribution is 5.78. The highest BCUT2D eigenvalue weighted by atomic mass is 16.5. The summed E-state index contributed by atoms with van der Waals surface area (Å²) in [6.07, 6.45) is 1.78. The molecule has 0 aliphatic carbocycles. The van der Waals surface area contributed by atoms with E-state index in [1.165, 1.54) is 0 Å². The molecule has 1 aromatic heterocycles. The maximum atomic E-state index is 11.9. The molecule has 1 aromatic rings. The van der Waals surface area contributed by atoms with E-state index < -0.39 is 5.41 Å². The van der Waals surface area contributed by atoms with Gasteiger partial charge in [0.05, 0.1) is 24.3 Å². The van der Waals surface area contributed by atoms with Crippen molar-refractivity contribution in [3.8, 4) is 5.75 Å². The summed E-state index contributed by atoms with van der Waals surface area (Å²) in [7, 11) is 0. The number of aryl methyl sites for hydroxylation is 1. The van der Waals surface area contributed by atoms with E-state index in [-0.39, 0.29) is 5.97 Å². The van der Waals surface area contributed by atoms with Crippen LogP contribution in [0.25, 0.3) is 0 Å². The minimum absolute atomic E-state index is 0.247. The normalized spacial score (nSPS) is 14.6. The molecule has 1 aliphatic rings. The third kappa shape index (κ3) is 2.31. The summed E-state index contributed by atoms with van der Waals surface area (Å²) in [6, 6.07) is 0. The van der Waals surface area contributed by atoms with Gasteiger partial charge in [-0.05, 0) is 27.7 Å². The van der Waals surface area contributed by atoms with Crippen LogP contribution in [0.2, 0.25) is 0 Å². The average molecular weight is 235 g/mol. The third-order valence-corrected chi connectivity index (χ3v) is 2.72. The molecule has 2 rings (SSSR count). The smallest absolute Gasteiger partial charge is 0.316 e. The number of carbonyl (C=O) groups excluding carboxylic acids is 1. The Hall–Kier alpha value is -1.42. The molecular weight excluding hydrogens is 218 g/mol. The van der Waals surface area contributed by atoms with Gasteiger partial charge in [-0.25, -0.2) is 0 Å². The maximum Gasteiger partial charge on any atom is 0.316 e. The molecule has 0 aromatic carbocycles. The first-order valence-electron chi connectivity index (χ1n) is 5.67. The minimum Gasteiger partial charge on any atom is -0.424 e. The molecule has 0 atom stereocenters. The van der Waals surface area contributed by atoms with Crippen molar-refractivity contribution < 1.29 is 14.3 Å². The van der Waals surface area contributed by atoms with Gasteiger partial charge in [0.2, 0.25) is 0 Å². The maximum absolute atomic E-state index is 11.9. The predicted octanol–water partition coefficient (Wildman–Crippen LogP) is 2.37. The van der Waals surface area contributed by atoms with Crippen molar-refractivity contribution in [3.63, 3.8) is 0 Å². The van der Waals surface area contributed by atoms with E-state index in [4.69, 9.17) is 9.47 Å². The fraction of sp³-hybridized carbons (Fsp3) is 0.538. The first-order valence-corrected chi connectivity index (χ1v) is 5.67. The van der Waals surface area contributed by atoms with Crippen molar-refractivity contribution in [1.82, 2.24) is 4.98 Å². The van der Waals surface area contributed by atoms with Crippen LogP contribution < -0.4 is 4.74 Å².